The Kier molecular flexibility index (Phi) is 3.08. The maximum absolute atomic E-state index is 5.56. The Morgan fingerprint density at radius 2 is 1.96 bits per heavy atom. The van der Waals surface area contributed by atoms with Crippen LogP contribution in [-0.4, -0.2) is 6.79 Å². The van der Waals surface area contributed by atoms with Crippen LogP contribution in [0.2, 0.25) is 0 Å². The molecule has 3 atom stereocenters. The zero-order valence-electron chi connectivity index (χ0n) is 12.5. The Balaban J connectivity index is 1.58. The molecule has 0 bridgehead atoms. The highest BCUT2D eigenvalue weighted by Gasteiger charge is 2.38. The molecular weight excluding hydrogens is 401 g/mol. The first kappa shape index (κ1) is 13.7. The van der Waals surface area contributed by atoms with Gasteiger partial charge in [-0.15, -0.1) is 0 Å². The summed E-state index contributed by atoms with van der Waals surface area (Å²) in [6, 6.07) is 13.3. The van der Waals surface area contributed by atoms with Gasteiger partial charge in [-0.25, -0.2) is 0 Å². The summed E-state index contributed by atoms with van der Waals surface area (Å²) < 4.78 is 12.3. The van der Waals surface area contributed by atoms with Gasteiger partial charge in [-0.05, 0) is 76.4 Å². The van der Waals surface area contributed by atoms with Crippen LogP contribution in [0.3, 0.4) is 0 Å². The molecule has 5 rings (SSSR count). The van der Waals surface area contributed by atoms with Crippen LogP contribution in [0.5, 0.6) is 11.5 Å². The molecule has 0 unspecified atom stereocenters. The number of hydrogen-bond donors (Lipinski definition) is 1. The molecule has 0 amide bonds. The molecule has 2 heterocycles. The molecule has 2 aliphatic heterocycles. The topological polar surface area (TPSA) is 30.5 Å². The number of hydrogen-bond acceptors (Lipinski definition) is 3. The van der Waals surface area contributed by atoms with E-state index in [-0.39, 0.29) is 0 Å². The summed E-state index contributed by atoms with van der Waals surface area (Å²) in [7, 11) is 0. The van der Waals surface area contributed by atoms with Crippen molar-refractivity contribution in [3.63, 3.8) is 0 Å². The summed E-state index contributed by atoms with van der Waals surface area (Å²) in [4.78, 5) is 0. The van der Waals surface area contributed by atoms with E-state index in [0.29, 0.717) is 24.7 Å². The highest BCUT2D eigenvalue weighted by molar-refractivity contribution is 14.1. The van der Waals surface area contributed by atoms with Crippen molar-refractivity contribution in [2.45, 2.75) is 18.4 Å². The quantitative estimate of drug-likeness (QED) is 0.532. The van der Waals surface area contributed by atoms with E-state index in [0.717, 1.165) is 17.9 Å². The Hall–Kier alpha value is -1.69. The zero-order chi connectivity index (χ0) is 15.4. The molecule has 3 nitrogen and oxygen atoms in total. The van der Waals surface area contributed by atoms with Gasteiger partial charge in [0, 0.05) is 15.2 Å². The fraction of sp³-hybridized carbons (Fsp3) is 0.263. The standard InChI is InChI=1S/C19H16INO2/c20-12-5-6-16-15(9-12)13-2-1-3-14(13)19(21-16)11-4-7-17-18(8-11)23-10-22-17/h1-2,4-9,13-14,19,21H,3,10H2/t13-,14+,19+/m1/s1. The molecule has 0 fully saturated rings. The molecule has 4 heteroatoms. The lowest BCUT2D eigenvalue weighted by atomic mass is 9.77. The predicted molar refractivity (Wildman–Crippen MR) is 98.1 cm³/mol. The monoisotopic (exact) mass is 417 g/mol. The molecule has 0 saturated carbocycles. The van der Waals surface area contributed by atoms with Crippen LogP contribution < -0.4 is 14.8 Å². The second-order valence-corrected chi connectivity index (χ2v) is 7.57. The molecule has 3 aliphatic rings. The lowest BCUT2D eigenvalue weighted by Crippen LogP contribution is -2.29. The number of halogens is 1. The number of ether oxygens (including phenoxy) is 2. The Morgan fingerprint density at radius 1 is 1.04 bits per heavy atom. The maximum atomic E-state index is 5.56. The van der Waals surface area contributed by atoms with E-state index < -0.39 is 0 Å². The van der Waals surface area contributed by atoms with Gasteiger partial charge in [0.25, 0.3) is 0 Å². The largest absolute Gasteiger partial charge is 0.454 e. The number of nitrogens with one attached hydrogen (secondary N) is 1. The molecule has 116 valence electrons. The summed E-state index contributed by atoms with van der Waals surface area (Å²) in [5.41, 5.74) is 3.95. The van der Waals surface area contributed by atoms with Crippen LogP contribution in [0.1, 0.15) is 29.5 Å². The first-order chi connectivity index (χ1) is 11.3. The third-order valence-electron chi connectivity index (χ3n) is 5.08. The van der Waals surface area contributed by atoms with E-state index in [2.05, 4.69) is 70.4 Å². The van der Waals surface area contributed by atoms with Crippen molar-refractivity contribution < 1.29 is 9.47 Å². The highest BCUT2D eigenvalue weighted by atomic mass is 127. The Bertz CT molecular complexity index is 817. The zero-order valence-corrected chi connectivity index (χ0v) is 14.6. The van der Waals surface area contributed by atoms with Crippen molar-refractivity contribution in [2.24, 2.45) is 5.92 Å². The van der Waals surface area contributed by atoms with Gasteiger partial charge in [-0.3, -0.25) is 0 Å². The van der Waals surface area contributed by atoms with E-state index in [1.54, 1.807) is 0 Å². The van der Waals surface area contributed by atoms with E-state index in [1.807, 2.05) is 6.07 Å². The number of benzene rings is 2. The van der Waals surface area contributed by atoms with Gasteiger partial charge in [0.1, 0.15) is 0 Å². The number of anilines is 1. The number of fused-ring (bicyclic) bond motifs is 4. The normalized spacial score (nSPS) is 26.6. The van der Waals surface area contributed by atoms with Crippen LogP contribution in [0, 0.1) is 9.49 Å². The van der Waals surface area contributed by atoms with Crippen molar-refractivity contribution in [3.05, 3.63) is 63.2 Å². The minimum absolute atomic E-state index is 0.303. The van der Waals surface area contributed by atoms with Crippen molar-refractivity contribution in [3.8, 4) is 11.5 Å². The van der Waals surface area contributed by atoms with Crippen LogP contribution in [0.4, 0.5) is 5.69 Å². The van der Waals surface area contributed by atoms with Crippen molar-refractivity contribution >= 4 is 28.3 Å². The summed E-state index contributed by atoms with van der Waals surface area (Å²) in [6.07, 6.45) is 5.81. The summed E-state index contributed by atoms with van der Waals surface area (Å²) in [5, 5.41) is 3.76. The Labute approximate surface area is 148 Å². The molecule has 0 spiro atoms. The SMILES string of the molecule is Ic1ccc2c(c1)[C@@H]1C=CC[C@@H]1[C@H](c1ccc3c(c1)OCO3)N2. The second-order valence-electron chi connectivity index (χ2n) is 6.32. The van der Waals surface area contributed by atoms with Gasteiger partial charge >= 0.3 is 0 Å². The van der Waals surface area contributed by atoms with Crippen molar-refractivity contribution in [1.29, 1.82) is 0 Å². The van der Waals surface area contributed by atoms with Gasteiger partial charge in [-0.1, -0.05) is 18.2 Å². The smallest absolute Gasteiger partial charge is 0.231 e. The molecule has 0 saturated heterocycles. The summed E-state index contributed by atoms with van der Waals surface area (Å²) in [5.74, 6) is 2.76. The van der Waals surface area contributed by atoms with Crippen molar-refractivity contribution in [2.75, 3.05) is 12.1 Å². The van der Waals surface area contributed by atoms with Gasteiger partial charge < -0.3 is 14.8 Å². The van der Waals surface area contributed by atoms with Gasteiger partial charge in [-0.2, -0.15) is 0 Å². The van der Waals surface area contributed by atoms with Crippen molar-refractivity contribution in [1.82, 2.24) is 0 Å². The highest BCUT2D eigenvalue weighted by Crippen LogP contribution is 2.50. The molecule has 0 aromatic heterocycles. The molecule has 2 aromatic carbocycles. The second kappa shape index (κ2) is 5.16. The van der Waals surface area contributed by atoms with Crippen LogP contribution in [0.25, 0.3) is 0 Å². The molecule has 2 aromatic rings. The lowest BCUT2D eigenvalue weighted by molar-refractivity contribution is 0.174. The van der Waals surface area contributed by atoms with Crippen LogP contribution in [-0.2, 0) is 0 Å². The number of allylic oxidation sites excluding steroid dienone is 2. The molecule has 1 aliphatic carbocycles. The summed E-state index contributed by atoms with van der Waals surface area (Å²) in [6.45, 7) is 0.325. The van der Waals surface area contributed by atoms with Gasteiger partial charge in [0.15, 0.2) is 11.5 Å². The predicted octanol–water partition coefficient (Wildman–Crippen LogP) is 4.85. The maximum Gasteiger partial charge on any atom is 0.231 e. The average Bonchev–Trinajstić information content (AvgIpc) is 3.22. The van der Waals surface area contributed by atoms with E-state index in [1.165, 1.54) is 20.4 Å². The lowest BCUT2D eigenvalue weighted by Gasteiger charge is -2.37. The molecule has 0 radical (unpaired) electrons. The van der Waals surface area contributed by atoms with E-state index in [4.69, 9.17) is 9.47 Å². The van der Waals surface area contributed by atoms with E-state index >= 15 is 0 Å². The first-order valence-electron chi connectivity index (χ1n) is 7.92. The number of rotatable bonds is 1. The first-order valence-corrected chi connectivity index (χ1v) is 9.00. The van der Waals surface area contributed by atoms with E-state index in [9.17, 15) is 0 Å². The van der Waals surface area contributed by atoms with Gasteiger partial charge in [0.05, 0.1) is 6.04 Å². The fourth-order valence-corrected chi connectivity index (χ4v) is 4.52. The molecule has 1 N–H and O–H groups in total. The molecule has 23 heavy (non-hydrogen) atoms. The average molecular weight is 417 g/mol. The van der Waals surface area contributed by atoms with Crippen LogP contribution in [0.15, 0.2) is 48.6 Å². The van der Waals surface area contributed by atoms with Crippen LogP contribution >= 0.6 is 22.6 Å². The minimum Gasteiger partial charge on any atom is -0.454 e. The Morgan fingerprint density at radius 3 is 2.91 bits per heavy atom. The summed E-state index contributed by atoms with van der Waals surface area (Å²) >= 11 is 2.39. The van der Waals surface area contributed by atoms with Gasteiger partial charge in [0.2, 0.25) is 6.79 Å². The molecular formula is C19H16INO2. The third kappa shape index (κ3) is 2.15. The fourth-order valence-electron chi connectivity index (χ4n) is 4.00. The minimum atomic E-state index is 0.303. The third-order valence-corrected chi connectivity index (χ3v) is 5.75.